The van der Waals surface area contributed by atoms with E-state index in [2.05, 4.69) is 43.8 Å². The lowest BCUT2D eigenvalue weighted by atomic mass is 10.1. The molecule has 0 saturated carbocycles. The van der Waals surface area contributed by atoms with Gasteiger partial charge in [0.15, 0.2) is 4.96 Å². The molecule has 1 aliphatic heterocycles. The topological polar surface area (TPSA) is 105 Å². The maximum absolute atomic E-state index is 13.1. The van der Waals surface area contributed by atoms with Gasteiger partial charge in [0.1, 0.15) is 11.3 Å². The van der Waals surface area contributed by atoms with Gasteiger partial charge in [-0.25, -0.2) is 14.8 Å². The third kappa shape index (κ3) is 7.40. The van der Waals surface area contributed by atoms with E-state index in [1.54, 1.807) is 16.2 Å². The van der Waals surface area contributed by atoms with Gasteiger partial charge in [-0.2, -0.15) is 0 Å². The van der Waals surface area contributed by atoms with Gasteiger partial charge in [-0.3, -0.25) is 19.1 Å². The number of fused-ring (bicyclic) bond motifs is 2. The van der Waals surface area contributed by atoms with Gasteiger partial charge in [-0.1, -0.05) is 50.6 Å². The van der Waals surface area contributed by atoms with Crippen LogP contribution in [0.1, 0.15) is 57.2 Å². The van der Waals surface area contributed by atoms with Gasteiger partial charge < -0.3 is 15.0 Å². The number of ether oxygens (including phenoxy) is 1. The molecule has 0 atom stereocenters. The summed E-state index contributed by atoms with van der Waals surface area (Å²) in [6, 6.07) is 15.1. The van der Waals surface area contributed by atoms with Crippen LogP contribution in [0.25, 0.3) is 27.3 Å². The van der Waals surface area contributed by atoms with E-state index in [0.29, 0.717) is 24.3 Å². The number of nitrogens with one attached hydrogen (secondary N) is 1. The normalized spacial score (nSPS) is 13.9. The molecule has 44 heavy (non-hydrogen) atoms. The number of hydrogen-bond acceptors (Lipinski definition) is 8. The largest absolute Gasteiger partial charge is 0.444 e. The number of rotatable bonds is 5. The van der Waals surface area contributed by atoms with Crippen molar-refractivity contribution in [2.75, 3.05) is 31.5 Å². The second-order valence-corrected chi connectivity index (χ2v) is 12.5. The number of piperazine rings is 1. The molecule has 0 unspecified atom stereocenters. The molecule has 1 saturated heterocycles. The number of anilines is 1. The Morgan fingerprint density at radius 2 is 1.64 bits per heavy atom. The number of carbonyl (C=O) groups is 2. The summed E-state index contributed by atoms with van der Waals surface area (Å²) in [5.74, 6) is -0.331. The van der Waals surface area contributed by atoms with Crippen LogP contribution in [0.2, 0.25) is 0 Å². The van der Waals surface area contributed by atoms with Gasteiger partial charge in [0.05, 0.1) is 28.6 Å². The molecule has 1 N–H and O–H groups in total. The monoisotopic (exact) mass is 613 g/mol. The van der Waals surface area contributed by atoms with Crippen LogP contribution in [0.15, 0.2) is 66.3 Å². The number of aromatic nitrogens is 4. The fourth-order valence-electron chi connectivity index (χ4n) is 4.79. The van der Waals surface area contributed by atoms with Gasteiger partial charge in [-0.05, 0) is 39.0 Å². The number of imidazole rings is 1. The van der Waals surface area contributed by atoms with Crippen LogP contribution in [0.5, 0.6) is 0 Å². The Kier molecular flexibility index (Phi) is 9.55. The first-order valence-electron chi connectivity index (χ1n) is 14.9. The first-order chi connectivity index (χ1) is 21.1. The molecule has 5 aromatic rings. The molecule has 0 aliphatic carbocycles. The molecule has 3 aromatic heterocycles. The summed E-state index contributed by atoms with van der Waals surface area (Å²) < 4.78 is 7.63. The van der Waals surface area contributed by atoms with Gasteiger partial charge in [0.25, 0.3) is 5.91 Å². The van der Waals surface area contributed by atoms with E-state index >= 15 is 0 Å². The van der Waals surface area contributed by atoms with Crippen molar-refractivity contribution in [1.29, 1.82) is 0 Å². The van der Waals surface area contributed by atoms with Crippen LogP contribution in [0.4, 0.5) is 10.5 Å². The van der Waals surface area contributed by atoms with Gasteiger partial charge in [0.2, 0.25) is 0 Å². The lowest BCUT2D eigenvalue weighted by molar-refractivity contribution is 0.0138. The zero-order valence-electron chi connectivity index (χ0n) is 25.9. The standard InChI is InChI=1S/C30H31N7O3S.C3H8/c1-30(2,3)40-29(39)36-14-12-35(13-15-36)17-20-19-41-28-34-26(18-37(20)28)21-8-4-5-9-22(21)33-27(38)25-16-31-23-10-6-7-11-24(23)32-25;1-3-2/h4-11,16,18-19H,12-15,17H2,1-3H3,(H,33,38);3H2,1-2H3. The molecule has 2 amide bonds. The predicted octanol–water partition coefficient (Wildman–Crippen LogP) is 6.73. The minimum absolute atomic E-state index is 0.248. The van der Waals surface area contributed by atoms with Crippen molar-refractivity contribution in [1.82, 2.24) is 29.2 Å². The lowest BCUT2D eigenvalue weighted by Crippen LogP contribution is -2.49. The van der Waals surface area contributed by atoms with Crippen molar-refractivity contribution < 1.29 is 14.3 Å². The number of hydrogen-bond donors (Lipinski definition) is 1. The summed E-state index contributed by atoms with van der Waals surface area (Å²) in [5.41, 5.74) is 4.53. The van der Waals surface area contributed by atoms with Crippen LogP contribution in [-0.4, -0.2) is 72.9 Å². The SMILES string of the molecule is CC(C)(C)OC(=O)N1CCN(Cc2csc3nc(-c4ccccc4NC(=O)c4cnc5ccccc5n4)cn23)CC1.CCC. The highest BCUT2D eigenvalue weighted by Gasteiger charge is 2.26. The molecule has 0 spiro atoms. The van der Waals surface area contributed by atoms with Gasteiger partial charge >= 0.3 is 6.09 Å². The molecule has 6 rings (SSSR count). The number of amides is 2. The van der Waals surface area contributed by atoms with E-state index in [0.717, 1.165) is 47.1 Å². The quantitative estimate of drug-likeness (QED) is 0.234. The molecule has 1 fully saturated rings. The highest BCUT2D eigenvalue weighted by Crippen LogP contribution is 2.30. The molecule has 4 heterocycles. The molecule has 10 nitrogen and oxygen atoms in total. The second kappa shape index (κ2) is 13.5. The van der Waals surface area contributed by atoms with Crippen molar-refractivity contribution in [3.63, 3.8) is 0 Å². The summed E-state index contributed by atoms with van der Waals surface area (Å²) in [7, 11) is 0. The van der Waals surface area contributed by atoms with E-state index in [-0.39, 0.29) is 17.7 Å². The number of thiazole rings is 1. The molecule has 230 valence electrons. The minimum Gasteiger partial charge on any atom is -0.444 e. The van der Waals surface area contributed by atoms with E-state index in [1.165, 1.54) is 12.6 Å². The maximum Gasteiger partial charge on any atom is 0.410 e. The van der Waals surface area contributed by atoms with Crippen molar-refractivity contribution in [2.24, 2.45) is 0 Å². The molecule has 2 aromatic carbocycles. The zero-order valence-corrected chi connectivity index (χ0v) is 26.7. The molecule has 0 radical (unpaired) electrons. The molecular weight excluding hydrogens is 574 g/mol. The fourth-order valence-corrected chi connectivity index (χ4v) is 5.65. The predicted molar refractivity (Wildman–Crippen MR) is 175 cm³/mol. The molecule has 0 bridgehead atoms. The third-order valence-electron chi connectivity index (χ3n) is 6.83. The summed E-state index contributed by atoms with van der Waals surface area (Å²) in [6.07, 6.45) is 4.50. The summed E-state index contributed by atoms with van der Waals surface area (Å²) in [4.78, 5) is 44.2. The Morgan fingerprint density at radius 3 is 2.36 bits per heavy atom. The average Bonchev–Trinajstić information content (AvgIpc) is 3.59. The first kappa shape index (κ1) is 31.1. The highest BCUT2D eigenvalue weighted by molar-refractivity contribution is 7.15. The molecule has 11 heteroatoms. The molecule has 1 aliphatic rings. The Bertz CT molecular complexity index is 1750. The number of para-hydroxylation sites is 3. The summed E-state index contributed by atoms with van der Waals surface area (Å²) >= 11 is 1.58. The van der Waals surface area contributed by atoms with Crippen molar-refractivity contribution in [2.45, 2.75) is 53.2 Å². The Labute approximate surface area is 261 Å². The molecular formula is C33H39N7O3S. The lowest BCUT2D eigenvalue weighted by Gasteiger charge is -2.35. The van der Waals surface area contributed by atoms with Crippen molar-refractivity contribution in [3.05, 3.63) is 77.7 Å². The van der Waals surface area contributed by atoms with Crippen LogP contribution in [-0.2, 0) is 11.3 Å². The van der Waals surface area contributed by atoms with E-state index < -0.39 is 5.60 Å². The number of carbonyl (C=O) groups excluding carboxylic acids is 2. The average molecular weight is 614 g/mol. The third-order valence-corrected chi connectivity index (χ3v) is 7.71. The van der Waals surface area contributed by atoms with Crippen molar-refractivity contribution >= 4 is 45.0 Å². The number of nitrogens with zero attached hydrogens (tertiary/aromatic N) is 6. The van der Waals surface area contributed by atoms with Gasteiger partial charge in [-0.15, -0.1) is 11.3 Å². The van der Waals surface area contributed by atoms with Crippen LogP contribution in [0.3, 0.4) is 0 Å². The summed E-state index contributed by atoms with van der Waals surface area (Å²) in [5, 5.41) is 5.12. The van der Waals surface area contributed by atoms with E-state index in [4.69, 9.17) is 9.72 Å². The number of benzene rings is 2. The smallest absolute Gasteiger partial charge is 0.410 e. The van der Waals surface area contributed by atoms with Crippen molar-refractivity contribution in [3.8, 4) is 11.3 Å². The van der Waals surface area contributed by atoms with Crippen LogP contribution in [0, 0.1) is 0 Å². The Balaban J connectivity index is 0.00000123. The van der Waals surface area contributed by atoms with Crippen LogP contribution >= 0.6 is 11.3 Å². The fraction of sp³-hybridized carbons (Fsp3) is 0.364. The van der Waals surface area contributed by atoms with Gasteiger partial charge in [0, 0.05) is 55.6 Å². The maximum atomic E-state index is 13.1. The Hall–Kier alpha value is -4.35. The first-order valence-corrected chi connectivity index (χ1v) is 15.8. The van der Waals surface area contributed by atoms with Crippen LogP contribution < -0.4 is 5.32 Å². The van der Waals surface area contributed by atoms with E-state index in [1.807, 2.05) is 75.5 Å². The second-order valence-electron chi connectivity index (χ2n) is 11.7. The Morgan fingerprint density at radius 1 is 0.955 bits per heavy atom. The minimum atomic E-state index is -0.498. The summed E-state index contributed by atoms with van der Waals surface area (Å²) in [6.45, 7) is 13.4. The zero-order chi connectivity index (χ0) is 31.3. The van der Waals surface area contributed by atoms with E-state index in [9.17, 15) is 9.59 Å². The highest BCUT2D eigenvalue weighted by atomic mass is 32.1.